The zero-order chi connectivity index (χ0) is 15.1. The monoisotopic (exact) mass is 287 g/mol. The van der Waals surface area contributed by atoms with Crippen LogP contribution in [0.1, 0.15) is 19.8 Å². The Bertz CT molecular complexity index is 374. The summed E-state index contributed by atoms with van der Waals surface area (Å²) in [4.78, 5) is 33.8. The number of carboxylic acid groups (broad SMARTS) is 1. The molecular formula is C12H21N3O5. The summed E-state index contributed by atoms with van der Waals surface area (Å²) >= 11 is 0. The van der Waals surface area contributed by atoms with Gasteiger partial charge >= 0.3 is 5.97 Å². The lowest BCUT2D eigenvalue weighted by molar-refractivity contribution is -0.144. The van der Waals surface area contributed by atoms with Crippen LogP contribution >= 0.6 is 0 Å². The Labute approximate surface area is 117 Å². The van der Waals surface area contributed by atoms with Crippen LogP contribution in [0.15, 0.2) is 0 Å². The van der Waals surface area contributed by atoms with E-state index in [1.807, 2.05) is 6.92 Å². The maximum absolute atomic E-state index is 12.1. The molecule has 114 valence electrons. The molecule has 8 nitrogen and oxygen atoms in total. The number of aliphatic carboxylic acids is 1. The van der Waals surface area contributed by atoms with Crippen LogP contribution in [-0.4, -0.2) is 54.7 Å². The molecule has 0 saturated carbocycles. The average molecular weight is 287 g/mol. The molecular weight excluding hydrogens is 266 g/mol. The van der Waals surface area contributed by atoms with Gasteiger partial charge in [0, 0.05) is 6.04 Å². The fraction of sp³-hybridized carbons (Fsp3) is 0.750. The first-order valence-corrected chi connectivity index (χ1v) is 6.58. The van der Waals surface area contributed by atoms with Crippen molar-refractivity contribution < 1.29 is 24.2 Å². The number of primary amides is 1. The molecule has 1 rings (SSSR count). The Balaban J connectivity index is 2.58. The fourth-order valence-corrected chi connectivity index (χ4v) is 2.02. The van der Waals surface area contributed by atoms with Gasteiger partial charge in [0.15, 0.2) is 0 Å². The van der Waals surface area contributed by atoms with Gasteiger partial charge in [-0.25, -0.2) is 4.79 Å². The summed E-state index contributed by atoms with van der Waals surface area (Å²) in [5.41, 5.74) is 4.96. The van der Waals surface area contributed by atoms with Crippen molar-refractivity contribution >= 4 is 17.8 Å². The Morgan fingerprint density at radius 1 is 1.40 bits per heavy atom. The maximum Gasteiger partial charge on any atom is 0.326 e. The number of carbonyl (C=O) groups excluding carboxylic acids is 2. The number of amides is 2. The summed E-state index contributed by atoms with van der Waals surface area (Å²) < 4.78 is 5.25. The summed E-state index contributed by atoms with van der Waals surface area (Å²) in [7, 11) is 0. The lowest BCUT2D eigenvalue weighted by atomic mass is 10.0. The molecule has 1 fully saturated rings. The van der Waals surface area contributed by atoms with Gasteiger partial charge < -0.3 is 26.2 Å². The summed E-state index contributed by atoms with van der Waals surface area (Å²) in [5.74, 6) is -2.96. The minimum absolute atomic E-state index is 0.141. The van der Waals surface area contributed by atoms with Crippen LogP contribution in [-0.2, 0) is 19.1 Å². The van der Waals surface area contributed by atoms with Crippen LogP contribution in [0, 0.1) is 5.92 Å². The molecule has 1 aliphatic heterocycles. The second-order valence-corrected chi connectivity index (χ2v) is 4.77. The van der Waals surface area contributed by atoms with Crippen LogP contribution in [0.5, 0.6) is 0 Å². The minimum Gasteiger partial charge on any atom is -0.480 e. The highest BCUT2D eigenvalue weighted by Crippen LogP contribution is 2.14. The SMILES string of the molecule is CCCNC1COCC1C(=O)N[C@H](CC(N)=O)C(=O)O. The molecule has 0 bridgehead atoms. The minimum atomic E-state index is -1.30. The molecule has 1 aliphatic rings. The number of rotatable bonds is 8. The van der Waals surface area contributed by atoms with Crippen molar-refractivity contribution in [1.82, 2.24) is 10.6 Å². The van der Waals surface area contributed by atoms with Gasteiger partial charge in [-0.2, -0.15) is 0 Å². The molecule has 0 aromatic rings. The maximum atomic E-state index is 12.1. The average Bonchev–Trinajstić information content (AvgIpc) is 2.83. The van der Waals surface area contributed by atoms with E-state index in [1.165, 1.54) is 0 Å². The molecule has 0 aromatic heterocycles. The zero-order valence-electron chi connectivity index (χ0n) is 11.4. The number of carbonyl (C=O) groups is 3. The predicted molar refractivity (Wildman–Crippen MR) is 69.8 cm³/mol. The van der Waals surface area contributed by atoms with Crippen LogP contribution in [0.2, 0.25) is 0 Å². The second-order valence-electron chi connectivity index (χ2n) is 4.77. The van der Waals surface area contributed by atoms with Crippen LogP contribution in [0.3, 0.4) is 0 Å². The largest absolute Gasteiger partial charge is 0.480 e. The van der Waals surface area contributed by atoms with E-state index in [0.29, 0.717) is 6.61 Å². The molecule has 0 aliphatic carbocycles. The van der Waals surface area contributed by atoms with Crippen molar-refractivity contribution in [3.05, 3.63) is 0 Å². The third-order valence-electron chi connectivity index (χ3n) is 3.09. The van der Waals surface area contributed by atoms with E-state index >= 15 is 0 Å². The standard InChI is InChI=1S/C12H21N3O5/c1-2-3-14-9-6-20-5-7(9)11(17)15-8(12(18)19)4-10(13)16/h7-9,14H,2-6H2,1H3,(H2,13,16)(H,15,17)(H,18,19)/t7?,8-,9?/m1/s1. The van der Waals surface area contributed by atoms with Crippen LogP contribution in [0.25, 0.3) is 0 Å². The lowest BCUT2D eigenvalue weighted by Crippen LogP contribution is -2.50. The van der Waals surface area contributed by atoms with Crippen molar-refractivity contribution in [2.24, 2.45) is 11.7 Å². The molecule has 1 saturated heterocycles. The summed E-state index contributed by atoms with van der Waals surface area (Å²) in [6.45, 7) is 3.40. The van der Waals surface area contributed by atoms with Crippen molar-refractivity contribution in [2.45, 2.75) is 31.8 Å². The first-order chi connectivity index (χ1) is 9.45. The van der Waals surface area contributed by atoms with Gasteiger partial charge in [0.1, 0.15) is 6.04 Å². The van der Waals surface area contributed by atoms with Gasteiger partial charge in [0.25, 0.3) is 0 Å². The van der Waals surface area contributed by atoms with Gasteiger partial charge in [-0.3, -0.25) is 9.59 Å². The van der Waals surface area contributed by atoms with Gasteiger partial charge in [-0.15, -0.1) is 0 Å². The van der Waals surface area contributed by atoms with E-state index in [0.717, 1.165) is 13.0 Å². The molecule has 0 aromatic carbocycles. The molecule has 20 heavy (non-hydrogen) atoms. The van der Waals surface area contributed by atoms with Gasteiger partial charge in [-0.1, -0.05) is 6.92 Å². The Morgan fingerprint density at radius 3 is 2.65 bits per heavy atom. The molecule has 1 heterocycles. The lowest BCUT2D eigenvalue weighted by Gasteiger charge is -2.20. The number of hydrogen-bond donors (Lipinski definition) is 4. The van der Waals surface area contributed by atoms with Crippen molar-refractivity contribution in [3.63, 3.8) is 0 Å². The summed E-state index contributed by atoms with van der Waals surface area (Å²) in [6, 6.07) is -1.44. The topological polar surface area (TPSA) is 131 Å². The van der Waals surface area contributed by atoms with Crippen LogP contribution < -0.4 is 16.4 Å². The zero-order valence-corrected chi connectivity index (χ0v) is 11.4. The van der Waals surface area contributed by atoms with Crippen molar-refractivity contribution in [3.8, 4) is 0 Å². The van der Waals surface area contributed by atoms with Crippen molar-refractivity contribution in [2.75, 3.05) is 19.8 Å². The predicted octanol–water partition coefficient (Wildman–Crippen LogP) is -1.55. The molecule has 0 radical (unpaired) electrons. The first kappa shape index (κ1) is 16.4. The highest BCUT2D eigenvalue weighted by Gasteiger charge is 2.35. The smallest absolute Gasteiger partial charge is 0.326 e. The third-order valence-corrected chi connectivity index (χ3v) is 3.09. The molecule has 0 spiro atoms. The van der Waals surface area contributed by atoms with E-state index in [1.54, 1.807) is 0 Å². The molecule has 8 heteroatoms. The van der Waals surface area contributed by atoms with Gasteiger partial charge in [0.2, 0.25) is 11.8 Å². The normalized spacial score (nSPS) is 23.2. The van der Waals surface area contributed by atoms with Crippen LogP contribution in [0.4, 0.5) is 0 Å². The Hall–Kier alpha value is -1.67. The quantitative estimate of drug-likeness (QED) is 0.427. The van der Waals surface area contributed by atoms with E-state index in [4.69, 9.17) is 15.6 Å². The third kappa shape index (κ3) is 4.78. The van der Waals surface area contributed by atoms with Gasteiger partial charge in [0.05, 0.1) is 25.6 Å². The molecule has 2 unspecified atom stereocenters. The number of nitrogens with one attached hydrogen (secondary N) is 2. The number of carboxylic acids is 1. The summed E-state index contributed by atoms with van der Waals surface area (Å²) in [5, 5.41) is 14.5. The molecule has 2 amide bonds. The first-order valence-electron chi connectivity index (χ1n) is 6.58. The number of nitrogens with two attached hydrogens (primary N) is 1. The molecule has 5 N–H and O–H groups in total. The molecule has 3 atom stereocenters. The van der Waals surface area contributed by atoms with E-state index < -0.39 is 36.2 Å². The number of hydrogen-bond acceptors (Lipinski definition) is 5. The van der Waals surface area contributed by atoms with Gasteiger partial charge in [-0.05, 0) is 13.0 Å². The Morgan fingerprint density at radius 2 is 2.10 bits per heavy atom. The summed E-state index contributed by atoms with van der Waals surface area (Å²) in [6.07, 6.45) is 0.492. The van der Waals surface area contributed by atoms with E-state index in [-0.39, 0.29) is 12.6 Å². The highest BCUT2D eigenvalue weighted by molar-refractivity contribution is 5.89. The second kappa shape index (κ2) is 7.81. The van der Waals surface area contributed by atoms with Crippen molar-refractivity contribution in [1.29, 1.82) is 0 Å². The van der Waals surface area contributed by atoms with E-state index in [9.17, 15) is 14.4 Å². The fourth-order valence-electron chi connectivity index (χ4n) is 2.02. The Kier molecular flexibility index (Phi) is 6.40. The highest BCUT2D eigenvalue weighted by atomic mass is 16.5. The van der Waals surface area contributed by atoms with E-state index in [2.05, 4.69) is 10.6 Å². The number of ether oxygens (including phenoxy) is 1.